The molecule has 2 aromatic rings. The molecule has 1 atom stereocenters. The van der Waals surface area contributed by atoms with E-state index in [9.17, 15) is 9.59 Å². The summed E-state index contributed by atoms with van der Waals surface area (Å²) >= 11 is 0. The second-order valence-corrected chi connectivity index (χ2v) is 6.33. The van der Waals surface area contributed by atoms with Crippen LogP contribution in [0.5, 0.6) is 11.5 Å². The van der Waals surface area contributed by atoms with Gasteiger partial charge < -0.3 is 25.8 Å². The molecule has 0 saturated carbocycles. The van der Waals surface area contributed by atoms with Gasteiger partial charge in [0.15, 0.2) is 0 Å². The predicted octanol–water partition coefficient (Wildman–Crippen LogP) is 2.56. The highest BCUT2D eigenvalue weighted by molar-refractivity contribution is 6.00. The van der Waals surface area contributed by atoms with Gasteiger partial charge in [0.1, 0.15) is 17.6 Å². The largest absolute Gasteiger partial charge is 0.492 e. The van der Waals surface area contributed by atoms with Crippen molar-refractivity contribution >= 4 is 23.2 Å². The van der Waals surface area contributed by atoms with Crippen molar-refractivity contribution in [1.29, 1.82) is 0 Å². The van der Waals surface area contributed by atoms with E-state index in [1.807, 2.05) is 19.9 Å². The first-order valence-electron chi connectivity index (χ1n) is 8.86. The van der Waals surface area contributed by atoms with Crippen molar-refractivity contribution in [3.63, 3.8) is 0 Å². The minimum atomic E-state index is -0.554. The maximum absolute atomic E-state index is 12.4. The van der Waals surface area contributed by atoms with Crippen LogP contribution in [0.2, 0.25) is 0 Å². The topological polar surface area (TPSA) is 103 Å². The summed E-state index contributed by atoms with van der Waals surface area (Å²) in [6.45, 7) is 4.35. The van der Waals surface area contributed by atoms with E-state index in [0.29, 0.717) is 29.3 Å². The lowest BCUT2D eigenvalue weighted by Crippen LogP contribution is -2.23. The van der Waals surface area contributed by atoms with Gasteiger partial charge in [0.05, 0.1) is 24.4 Å². The number of benzene rings is 2. The van der Waals surface area contributed by atoms with E-state index in [1.165, 1.54) is 0 Å². The molecule has 7 nitrogen and oxygen atoms in total. The summed E-state index contributed by atoms with van der Waals surface area (Å²) < 4.78 is 11.4. The first-order chi connectivity index (χ1) is 13.0. The first-order valence-corrected chi connectivity index (χ1v) is 8.86. The van der Waals surface area contributed by atoms with Crippen LogP contribution in [0.1, 0.15) is 29.8 Å². The number of hydrogen-bond donors (Lipinski definition) is 3. The Hall–Kier alpha value is -3.22. The lowest BCUT2D eigenvalue weighted by atomic mass is 10.1. The zero-order valence-corrected chi connectivity index (χ0v) is 15.4. The normalized spacial score (nSPS) is 14.8. The van der Waals surface area contributed by atoms with Crippen LogP contribution < -0.4 is 25.8 Å². The summed E-state index contributed by atoms with van der Waals surface area (Å²) in [5, 5.41) is 5.78. The van der Waals surface area contributed by atoms with E-state index >= 15 is 0 Å². The highest BCUT2D eigenvalue weighted by Gasteiger charge is 2.22. The number of primary amides is 1. The average Bonchev–Trinajstić information content (AvgIpc) is 2.99. The number of nitrogens with one attached hydrogen (secondary N) is 2. The van der Waals surface area contributed by atoms with E-state index in [1.54, 1.807) is 30.3 Å². The van der Waals surface area contributed by atoms with Crippen LogP contribution in [0.25, 0.3) is 0 Å². The van der Waals surface area contributed by atoms with Crippen LogP contribution in [0, 0.1) is 0 Å². The number of ether oxygens (including phenoxy) is 2. The van der Waals surface area contributed by atoms with Crippen molar-refractivity contribution < 1.29 is 19.1 Å². The molecule has 27 heavy (non-hydrogen) atoms. The van der Waals surface area contributed by atoms with Crippen LogP contribution in [0.4, 0.5) is 11.4 Å². The second-order valence-electron chi connectivity index (χ2n) is 6.33. The molecule has 1 unspecified atom stereocenters. The Morgan fingerprint density at radius 1 is 1.26 bits per heavy atom. The van der Waals surface area contributed by atoms with Crippen LogP contribution in [-0.2, 0) is 11.2 Å². The number of nitrogens with two attached hydrogens (primary N) is 1. The van der Waals surface area contributed by atoms with Gasteiger partial charge in [-0.2, -0.15) is 0 Å². The van der Waals surface area contributed by atoms with Crippen LogP contribution in [0.15, 0.2) is 36.4 Å². The number of amides is 2. The summed E-state index contributed by atoms with van der Waals surface area (Å²) in [5.74, 6) is 0.538. The number of para-hydroxylation sites is 1. The van der Waals surface area contributed by atoms with Gasteiger partial charge in [-0.15, -0.1) is 0 Å². The van der Waals surface area contributed by atoms with Crippen molar-refractivity contribution in [1.82, 2.24) is 0 Å². The van der Waals surface area contributed by atoms with E-state index < -0.39 is 5.91 Å². The Bertz CT molecular complexity index is 866. The summed E-state index contributed by atoms with van der Waals surface area (Å²) in [4.78, 5) is 23.9. The minimum Gasteiger partial charge on any atom is -0.492 e. The highest BCUT2D eigenvalue weighted by Crippen LogP contribution is 2.38. The van der Waals surface area contributed by atoms with Gasteiger partial charge in [-0.1, -0.05) is 12.1 Å². The number of carbonyl (C=O) groups excluding carboxylic acids is 2. The second kappa shape index (κ2) is 7.99. The fourth-order valence-electron chi connectivity index (χ4n) is 3.03. The Kier molecular flexibility index (Phi) is 5.49. The zero-order valence-electron chi connectivity index (χ0n) is 15.4. The molecule has 2 amide bonds. The molecular weight excluding hydrogens is 346 g/mol. The van der Waals surface area contributed by atoms with Gasteiger partial charge in [-0.3, -0.25) is 9.59 Å². The molecule has 0 aliphatic carbocycles. The standard InChI is InChI=1S/C20H23N3O4/c1-3-26-18-9-13-8-12(2)27-17(13)10-16(18)23-19(24)11-22-15-7-5-4-6-14(15)20(21)25/h4-7,9-10,12,22H,3,8,11H2,1-2H3,(H2,21,25)(H,23,24). The predicted molar refractivity (Wildman–Crippen MR) is 103 cm³/mol. The number of fused-ring (bicyclic) bond motifs is 1. The summed E-state index contributed by atoms with van der Waals surface area (Å²) in [6.07, 6.45) is 0.919. The Morgan fingerprint density at radius 3 is 2.78 bits per heavy atom. The monoisotopic (exact) mass is 369 g/mol. The summed E-state index contributed by atoms with van der Waals surface area (Å²) in [6, 6.07) is 10.5. The molecule has 1 heterocycles. The number of anilines is 2. The van der Waals surface area contributed by atoms with Crippen molar-refractivity contribution in [2.45, 2.75) is 26.4 Å². The quantitative estimate of drug-likeness (QED) is 0.696. The zero-order chi connectivity index (χ0) is 19.4. The van der Waals surface area contributed by atoms with Crippen molar-refractivity contribution in [2.75, 3.05) is 23.8 Å². The molecule has 3 rings (SSSR count). The molecule has 1 aliphatic rings. The van der Waals surface area contributed by atoms with Gasteiger partial charge in [0.25, 0.3) is 5.91 Å². The van der Waals surface area contributed by atoms with Gasteiger partial charge in [-0.25, -0.2) is 0 Å². The van der Waals surface area contributed by atoms with Gasteiger partial charge >= 0.3 is 0 Å². The number of carbonyl (C=O) groups is 2. The SMILES string of the molecule is CCOc1cc2c(cc1NC(=O)CNc1ccccc1C(N)=O)OC(C)C2. The average molecular weight is 369 g/mol. The van der Waals surface area contributed by atoms with Crippen LogP contribution >= 0.6 is 0 Å². The number of rotatable bonds is 7. The Balaban J connectivity index is 1.71. The Labute approximate surface area is 157 Å². The first kappa shape index (κ1) is 18.6. The lowest BCUT2D eigenvalue weighted by Gasteiger charge is -2.14. The molecule has 0 bridgehead atoms. The molecular formula is C20H23N3O4. The van der Waals surface area contributed by atoms with Crippen molar-refractivity contribution in [3.05, 3.63) is 47.5 Å². The molecule has 0 radical (unpaired) electrons. The van der Waals surface area contributed by atoms with E-state index in [-0.39, 0.29) is 18.6 Å². The third kappa shape index (κ3) is 4.31. The van der Waals surface area contributed by atoms with Crippen LogP contribution in [0.3, 0.4) is 0 Å². The number of hydrogen-bond acceptors (Lipinski definition) is 5. The lowest BCUT2D eigenvalue weighted by molar-refractivity contribution is -0.114. The maximum atomic E-state index is 12.4. The molecule has 0 saturated heterocycles. The Morgan fingerprint density at radius 2 is 2.04 bits per heavy atom. The maximum Gasteiger partial charge on any atom is 0.250 e. The molecule has 0 aromatic heterocycles. The molecule has 0 fully saturated rings. The van der Waals surface area contributed by atoms with Gasteiger partial charge in [0.2, 0.25) is 5.91 Å². The summed E-state index contributed by atoms with van der Waals surface area (Å²) in [5.41, 5.74) is 7.82. The highest BCUT2D eigenvalue weighted by atomic mass is 16.5. The molecule has 2 aromatic carbocycles. The molecule has 1 aliphatic heterocycles. The molecule has 0 spiro atoms. The smallest absolute Gasteiger partial charge is 0.250 e. The molecule has 4 N–H and O–H groups in total. The third-order valence-electron chi connectivity index (χ3n) is 4.20. The molecule has 7 heteroatoms. The summed E-state index contributed by atoms with van der Waals surface area (Å²) in [7, 11) is 0. The van der Waals surface area contributed by atoms with Crippen molar-refractivity contribution in [3.8, 4) is 11.5 Å². The van der Waals surface area contributed by atoms with Gasteiger partial charge in [-0.05, 0) is 32.0 Å². The van der Waals surface area contributed by atoms with Crippen LogP contribution in [-0.4, -0.2) is 31.1 Å². The fourth-order valence-corrected chi connectivity index (χ4v) is 3.03. The van der Waals surface area contributed by atoms with E-state index in [0.717, 1.165) is 17.7 Å². The third-order valence-corrected chi connectivity index (χ3v) is 4.20. The van der Waals surface area contributed by atoms with Crippen molar-refractivity contribution in [2.24, 2.45) is 5.73 Å². The minimum absolute atomic E-state index is 0.0236. The van der Waals surface area contributed by atoms with Gasteiger partial charge in [0, 0.05) is 23.7 Å². The van der Waals surface area contributed by atoms with E-state index in [4.69, 9.17) is 15.2 Å². The molecule has 142 valence electrons. The fraction of sp³-hybridized carbons (Fsp3) is 0.300. The van der Waals surface area contributed by atoms with E-state index in [2.05, 4.69) is 10.6 Å².